The van der Waals surface area contributed by atoms with E-state index < -0.39 is 50.5 Å². The second-order valence-corrected chi connectivity index (χ2v) is 8.96. The third-order valence-corrected chi connectivity index (χ3v) is 6.01. The molecule has 1 N–H and O–H groups in total. The number of amides is 2. The van der Waals surface area contributed by atoms with Gasteiger partial charge in [0.1, 0.15) is 11.4 Å². The van der Waals surface area contributed by atoms with E-state index in [1.165, 1.54) is 30.5 Å². The number of nitrogens with zero attached hydrogens (tertiary/aromatic N) is 2. The second-order valence-electron chi connectivity index (χ2n) is 7.19. The average molecular weight is 381 g/mol. The summed E-state index contributed by atoms with van der Waals surface area (Å²) in [6, 6.07) is -1.84. The molecule has 25 heavy (non-hydrogen) atoms. The van der Waals surface area contributed by atoms with Crippen LogP contribution in [0, 0.1) is 10.1 Å². The van der Waals surface area contributed by atoms with E-state index in [-0.39, 0.29) is 42.4 Å². The van der Waals surface area contributed by atoms with Crippen molar-refractivity contribution in [2.75, 3.05) is 0 Å². The van der Waals surface area contributed by atoms with Gasteiger partial charge in [0.25, 0.3) is 0 Å². The van der Waals surface area contributed by atoms with Crippen LogP contribution in [-0.2, 0) is 14.4 Å². The van der Waals surface area contributed by atoms with Gasteiger partial charge in [0.05, 0.1) is 12.0 Å². The van der Waals surface area contributed by atoms with Crippen LogP contribution in [0.5, 0.6) is 0 Å². The van der Waals surface area contributed by atoms with Gasteiger partial charge in [-0.05, 0) is 13.8 Å². The summed E-state index contributed by atoms with van der Waals surface area (Å²) < 4.78 is -0.716. The molecule has 0 aromatic carbocycles. The van der Waals surface area contributed by atoms with Gasteiger partial charge in [-0.2, -0.15) is 0 Å². The molecule has 9 nitrogen and oxygen atoms in total. The van der Waals surface area contributed by atoms with Gasteiger partial charge < -0.3 is 20.1 Å². The Morgan fingerprint density at radius 3 is 2.44 bits per heavy atom. The third-order valence-electron chi connectivity index (χ3n) is 4.44. The predicted molar refractivity (Wildman–Crippen MR) is 83.3 cm³/mol. The van der Waals surface area contributed by atoms with Gasteiger partial charge in [-0.3, -0.25) is 19.7 Å². The molecule has 2 fully saturated rings. The molecule has 0 radical (unpaired) electrons. The quantitative estimate of drug-likeness (QED) is 0.215. The topological polar surface area (TPSA) is 133 Å². The minimum atomic E-state index is -1.32. The van der Waals surface area contributed by atoms with Crippen LogP contribution in [0.15, 0.2) is 0 Å². The summed E-state index contributed by atoms with van der Waals surface area (Å²) in [4.78, 5) is 47.1. The van der Waals surface area contributed by atoms with Gasteiger partial charge in [0, 0.05) is 36.4 Å². The number of hydrogen-bond acceptors (Lipinski definition) is 7. The molecule has 0 unspecified atom stereocenters. The molecule has 0 aromatic heterocycles. The standard InChI is InChI=1S/C14H21N3O6S.Na/c1-13(2,17(22)23)6-5-7(18)15-8-10(19)16-9(12(20)21)14(3,4)24-11(8)16;/h8-9,11H,5-6H2,1-4H3,(H,15,18)(H,20,21);/q;+1/p-1/t8-,9+,11-;/m1./s1. The van der Waals surface area contributed by atoms with E-state index in [9.17, 15) is 29.6 Å². The smallest absolute Gasteiger partial charge is 0.548 e. The third kappa shape index (κ3) is 4.12. The largest absolute Gasteiger partial charge is 1.00 e. The summed E-state index contributed by atoms with van der Waals surface area (Å²) in [7, 11) is 0. The van der Waals surface area contributed by atoms with E-state index in [2.05, 4.69) is 5.32 Å². The number of carboxylic acid groups (broad SMARTS) is 1. The first kappa shape index (κ1) is 22.2. The summed E-state index contributed by atoms with van der Waals surface area (Å²) >= 11 is 1.30. The molecule has 0 aliphatic carbocycles. The van der Waals surface area contributed by atoms with Gasteiger partial charge in [0.15, 0.2) is 0 Å². The van der Waals surface area contributed by atoms with Crippen LogP contribution < -0.4 is 40.0 Å². The van der Waals surface area contributed by atoms with E-state index in [1.54, 1.807) is 13.8 Å². The molecule has 3 atom stereocenters. The van der Waals surface area contributed by atoms with Crippen molar-refractivity contribution in [3.63, 3.8) is 0 Å². The van der Waals surface area contributed by atoms with Gasteiger partial charge in [-0.25, -0.2) is 0 Å². The normalized spacial score (nSPS) is 27.0. The van der Waals surface area contributed by atoms with E-state index in [0.717, 1.165) is 0 Å². The van der Waals surface area contributed by atoms with Crippen molar-refractivity contribution in [3.05, 3.63) is 10.1 Å². The van der Waals surface area contributed by atoms with Crippen LogP contribution in [-0.4, -0.2) is 55.4 Å². The Kier molecular flexibility index (Phi) is 6.59. The Morgan fingerprint density at radius 1 is 1.40 bits per heavy atom. The van der Waals surface area contributed by atoms with Crippen molar-refractivity contribution < 1.29 is 54.0 Å². The van der Waals surface area contributed by atoms with E-state index in [4.69, 9.17) is 0 Å². The number of hydrogen-bond donors (Lipinski definition) is 1. The number of β-lactam (4-membered cyclic amide) rings is 1. The van der Waals surface area contributed by atoms with Crippen LogP contribution in [0.3, 0.4) is 0 Å². The summed E-state index contributed by atoms with van der Waals surface area (Å²) in [6.07, 6.45) is -0.0378. The summed E-state index contributed by atoms with van der Waals surface area (Å²) in [6.45, 7) is 6.27. The number of fused-ring (bicyclic) bond motifs is 1. The minimum absolute atomic E-state index is 0. The molecular weight excluding hydrogens is 361 g/mol. The fraction of sp³-hybridized carbons (Fsp3) is 0.786. The van der Waals surface area contributed by atoms with Crippen molar-refractivity contribution in [3.8, 4) is 0 Å². The molecule has 2 rings (SSSR count). The van der Waals surface area contributed by atoms with Crippen molar-refractivity contribution in [2.45, 2.75) is 68.3 Å². The molecule has 11 heteroatoms. The molecule has 2 heterocycles. The van der Waals surface area contributed by atoms with Crippen LogP contribution >= 0.6 is 11.8 Å². The number of thioether (sulfide) groups is 1. The number of rotatable bonds is 6. The van der Waals surface area contributed by atoms with Crippen molar-refractivity contribution in [1.29, 1.82) is 0 Å². The Hall–Kier alpha value is -0.840. The molecular formula is C14H20N3NaO6S. The first-order valence-electron chi connectivity index (χ1n) is 7.53. The zero-order chi connectivity index (χ0) is 18.4. The molecule has 0 saturated carbocycles. The number of carbonyl (C=O) groups excluding carboxylic acids is 3. The molecule has 134 valence electrons. The van der Waals surface area contributed by atoms with Gasteiger partial charge in [-0.15, -0.1) is 11.8 Å². The van der Waals surface area contributed by atoms with Crippen molar-refractivity contribution in [1.82, 2.24) is 10.2 Å². The maximum Gasteiger partial charge on any atom is 1.00 e. The maximum absolute atomic E-state index is 12.2. The van der Waals surface area contributed by atoms with Crippen molar-refractivity contribution in [2.24, 2.45) is 0 Å². The maximum atomic E-state index is 12.2. The van der Waals surface area contributed by atoms with Crippen LogP contribution in [0.4, 0.5) is 0 Å². The van der Waals surface area contributed by atoms with Crippen LogP contribution in [0.2, 0.25) is 0 Å². The van der Waals surface area contributed by atoms with E-state index >= 15 is 0 Å². The Morgan fingerprint density at radius 2 is 1.96 bits per heavy atom. The Balaban J connectivity index is 0.00000312. The molecule has 2 aliphatic rings. The fourth-order valence-corrected chi connectivity index (χ4v) is 4.50. The molecule has 2 saturated heterocycles. The zero-order valence-electron chi connectivity index (χ0n) is 14.9. The van der Waals surface area contributed by atoms with Gasteiger partial charge in [-0.1, -0.05) is 0 Å². The van der Waals surface area contributed by atoms with Gasteiger partial charge >= 0.3 is 29.6 Å². The summed E-state index contributed by atoms with van der Waals surface area (Å²) in [5, 5.41) is 24.2. The number of nitro groups is 1. The van der Waals surface area contributed by atoms with Crippen molar-refractivity contribution >= 4 is 29.5 Å². The fourth-order valence-electron chi connectivity index (χ4n) is 2.88. The predicted octanol–water partition coefficient (Wildman–Crippen LogP) is -3.88. The molecule has 0 spiro atoms. The number of aliphatic carboxylic acids is 1. The van der Waals surface area contributed by atoms with Gasteiger partial charge in [0.2, 0.25) is 17.4 Å². The minimum Gasteiger partial charge on any atom is -0.548 e. The monoisotopic (exact) mass is 381 g/mol. The number of carboxylic acids is 1. The Bertz CT molecular complexity index is 611. The molecule has 0 aromatic rings. The summed E-state index contributed by atoms with van der Waals surface area (Å²) in [5.41, 5.74) is -1.23. The van der Waals surface area contributed by atoms with E-state index in [0.29, 0.717) is 0 Å². The molecule has 2 aliphatic heterocycles. The zero-order valence-corrected chi connectivity index (χ0v) is 17.7. The first-order chi connectivity index (χ1) is 10.9. The average Bonchev–Trinajstić information content (AvgIpc) is 2.71. The molecule has 2 amide bonds. The molecule has 0 bridgehead atoms. The first-order valence-corrected chi connectivity index (χ1v) is 8.41. The number of carbonyl (C=O) groups is 3. The summed E-state index contributed by atoms with van der Waals surface area (Å²) in [5.74, 6) is -2.24. The second kappa shape index (κ2) is 7.42. The van der Waals surface area contributed by atoms with E-state index in [1.807, 2.05) is 0 Å². The van der Waals surface area contributed by atoms with Crippen LogP contribution in [0.1, 0.15) is 40.5 Å². The SMILES string of the molecule is CC1(C)S[C@@H]2[C@H](NC(=O)CCC(C)(C)[N+](=O)[O-])C(=O)N2[C@H]1C(=O)[O-].[Na+]. The Labute approximate surface area is 171 Å². The van der Waals surface area contributed by atoms with Crippen LogP contribution in [0.25, 0.3) is 0 Å². The number of nitrogens with one attached hydrogen (secondary N) is 1.